The average molecular weight is 288 g/mol. The van der Waals surface area contributed by atoms with Gasteiger partial charge in [0.1, 0.15) is 5.82 Å². The van der Waals surface area contributed by atoms with E-state index in [0.29, 0.717) is 5.56 Å². The summed E-state index contributed by atoms with van der Waals surface area (Å²) in [7, 11) is 0. The van der Waals surface area contributed by atoms with Crippen LogP contribution in [0, 0.1) is 11.2 Å². The Hall–Kier alpha value is -0.410. The fraction of sp³-hybridized carbons (Fsp3) is 0.538. The Morgan fingerprint density at radius 2 is 2.00 bits per heavy atom. The van der Waals surface area contributed by atoms with Crippen molar-refractivity contribution in [2.24, 2.45) is 5.41 Å². The van der Waals surface area contributed by atoms with Crippen molar-refractivity contribution in [1.82, 2.24) is 5.32 Å². The third-order valence-corrected chi connectivity index (χ3v) is 2.86. The van der Waals surface area contributed by atoms with E-state index >= 15 is 0 Å². The summed E-state index contributed by atoms with van der Waals surface area (Å²) in [5, 5.41) is 3.34. The number of halogens is 2. The normalized spacial score (nSPS) is 13.9. The molecular formula is C13H19BrFN. The lowest BCUT2D eigenvalue weighted by Crippen LogP contribution is -2.29. The highest BCUT2D eigenvalue weighted by Gasteiger charge is 2.15. The fourth-order valence-corrected chi connectivity index (χ4v) is 1.76. The molecule has 1 N–H and O–H groups in total. The van der Waals surface area contributed by atoms with Crippen molar-refractivity contribution in [3.05, 3.63) is 34.1 Å². The molecule has 0 spiro atoms. The van der Waals surface area contributed by atoms with Gasteiger partial charge in [0, 0.05) is 22.6 Å². The van der Waals surface area contributed by atoms with E-state index in [1.54, 1.807) is 0 Å². The lowest BCUT2D eigenvalue weighted by atomic mass is 9.96. The molecule has 0 aromatic heterocycles. The SMILES string of the molecule is CC(NCC(C)(C)C)c1ccc(Br)cc1F. The minimum atomic E-state index is -0.164. The quantitative estimate of drug-likeness (QED) is 0.875. The molecule has 0 aliphatic carbocycles. The highest BCUT2D eigenvalue weighted by molar-refractivity contribution is 9.10. The summed E-state index contributed by atoms with van der Waals surface area (Å²) in [5.41, 5.74) is 0.924. The van der Waals surface area contributed by atoms with E-state index in [9.17, 15) is 4.39 Å². The molecule has 1 aromatic rings. The molecule has 1 atom stereocenters. The standard InChI is InChI=1S/C13H19BrFN/c1-9(16-8-13(2,3)4)11-6-5-10(14)7-12(11)15/h5-7,9,16H,8H2,1-4H3. The lowest BCUT2D eigenvalue weighted by molar-refractivity contribution is 0.356. The molecule has 1 rings (SSSR count). The Balaban J connectivity index is 2.70. The van der Waals surface area contributed by atoms with Gasteiger partial charge in [0.15, 0.2) is 0 Å². The van der Waals surface area contributed by atoms with Crippen LogP contribution in [0.15, 0.2) is 22.7 Å². The fourth-order valence-electron chi connectivity index (χ4n) is 1.42. The van der Waals surface area contributed by atoms with Gasteiger partial charge >= 0.3 is 0 Å². The summed E-state index contributed by atoms with van der Waals surface area (Å²) in [6.45, 7) is 9.32. The smallest absolute Gasteiger partial charge is 0.129 e. The third-order valence-electron chi connectivity index (χ3n) is 2.37. The number of benzene rings is 1. The molecule has 0 amide bonds. The van der Waals surface area contributed by atoms with Crippen molar-refractivity contribution in [1.29, 1.82) is 0 Å². The van der Waals surface area contributed by atoms with Crippen LogP contribution in [0.1, 0.15) is 39.3 Å². The van der Waals surface area contributed by atoms with Crippen molar-refractivity contribution in [3.63, 3.8) is 0 Å². The third kappa shape index (κ3) is 4.22. The maximum atomic E-state index is 13.7. The number of rotatable bonds is 3. The maximum Gasteiger partial charge on any atom is 0.129 e. The van der Waals surface area contributed by atoms with Crippen LogP contribution in [0.3, 0.4) is 0 Å². The van der Waals surface area contributed by atoms with Crippen molar-refractivity contribution in [2.75, 3.05) is 6.54 Å². The van der Waals surface area contributed by atoms with Gasteiger partial charge in [0.05, 0.1) is 0 Å². The van der Waals surface area contributed by atoms with Gasteiger partial charge in [-0.3, -0.25) is 0 Å². The second-order valence-electron chi connectivity index (χ2n) is 5.33. The zero-order valence-corrected chi connectivity index (χ0v) is 11.9. The topological polar surface area (TPSA) is 12.0 Å². The molecule has 0 heterocycles. The molecule has 0 aliphatic rings. The van der Waals surface area contributed by atoms with Gasteiger partial charge in [-0.1, -0.05) is 42.8 Å². The van der Waals surface area contributed by atoms with E-state index in [1.807, 2.05) is 19.1 Å². The highest BCUT2D eigenvalue weighted by Crippen LogP contribution is 2.22. The van der Waals surface area contributed by atoms with Gasteiger partial charge < -0.3 is 5.32 Å². The van der Waals surface area contributed by atoms with Crippen LogP contribution < -0.4 is 5.32 Å². The van der Waals surface area contributed by atoms with Crippen LogP contribution >= 0.6 is 15.9 Å². The minimum Gasteiger partial charge on any atom is -0.310 e. The monoisotopic (exact) mass is 287 g/mol. The summed E-state index contributed by atoms with van der Waals surface area (Å²) in [6, 6.07) is 5.23. The van der Waals surface area contributed by atoms with E-state index in [4.69, 9.17) is 0 Å². The Morgan fingerprint density at radius 1 is 1.38 bits per heavy atom. The largest absolute Gasteiger partial charge is 0.310 e. The molecule has 0 aliphatic heterocycles. The Morgan fingerprint density at radius 3 is 2.50 bits per heavy atom. The first-order valence-electron chi connectivity index (χ1n) is 5.48. The van der Waals surface area contributed by atoms with E-state index in [2.05, 4.69) is 42.0 Å². The van der Waals surface area contributed by atoms with E-state index in [-0.39, 0.29) is 17.3 Å². The summed E-state index contributed by atoms with van der Waals surface area (Å²) >= 11 is 3.26. The predicted octanol–water partition coefficient (Wildman–Crippen LogP) is 4.28. The second-order valence-corrected chi connectivity index (χ2v) is 6.24. The van der Waals surface area contributed by atoms with Gasteiger partial charge in [-0.2, -0.15) is 0 Å². The van der Waals surface area contributed by atoms with E-state index in [1.165, 1.54) is 6.07 Å². The highest BCUT2D eigenvalue weighted by atomic mass is 79.9. The van der Waals surface area contributed by atoms with Gasteiger partial charge in [-0.05, 0) is 24.5 Å². The zero-order chi connectivity index (χ0) is 12.3. The predicted molar refractivity (Wildman–Crippen MR) is 70.0 cm³/mol. The minimum absolute atomic E-state index is 0.0346. The molecule has 0 fully saturated rings. The van der Waals surface area contributed by atoms with Crippen LogP contribution in [0.4, 0.5) is 4.39 Å². The zero-order valence-electron chi connectivity index (χ0n) is 10.3. The first kappa shape index (κ1) is 13.7. The maximum absolute atomic E-state index is 13.7. The molecule has 16 heavy (non-hydrogen) atoms. The molecular weight excluding hydrogens is 269 g/mol. The van der Waals surface area contributed by atoms with Gasteiger partial charge in [-0.25, -0.2) is 4.39 Å². The summed E-state index contributed by atoms with van der Waals surface area (Å²) in [4.78, 5) is 0. The first-order chi connectivity index (χ1) is 7.29. The molecule has 0 radical (unpaired) electrons. The Kier molecular flexibility index (Phi) is 4.51. The number of hydrogen-bond acceptors (Lipinski definition) is 1. The summed E-state index contributed by atoms with van der Waals surface area (Å²) in [6.07, 6.45) is 0. The van der Waals surface area contributed by atoms with Crippen LogP contribution in [-0.2, 0) is 0 Å². The van der Waals surface area contributed by atoms with Crippen molar-refractivity contribution >= 4 is 15.9 Å². The molecule has 0 saturated carbocycles. The van der Waals surface area contributed by atoms with E-state index < -0.39 is 0 Å². The van der Waals surface area contributed by atoms with Crippen LogP contribution in [0.5, 0.6) is 0 Å². The molecule has 0 saturated heterocycles. The molecule has 3 heteroatoms. The first-order valence-corrected chi connectivity index (χ1v) is 6.27. The summed E-state index contributed by atoms with van der Waals surface area (Å²) < 4.78 is 14.4. The molecule has 1 unspecified atom stereocenters. The average Bonchev–Trinajstić information content (AvgIpc) is 2.13. The van der Waals surface area contributed by atoms with E-state index in [0.717, 1.165) is 11.0 Å². The van der Waals surface area contributed by atoms with Crippen molar-refractivity contribution in [3.8, 4) is 0 Å². The van der Waals surface area contributed by atoms with Gasteiger partial charge in [0.2, 0.25) is 0 Å². The second kappa shape index (κ2) is 5.28. The van der Waals surface area contributed by atoms with Crippen molar-refractivity contribution in [2.45, 2.75) is 33.7 Å². The Labute approximate surface area is 106 Å². The van der Waals surface area contributed by atoms with Crippen LogP contribution in [-0.4, -0.2) is 6.54 Å². The Bertz CT molecular complexity index is 357. The molecule has 1 nitrogen and oxygen atoms in total. The molecule has 90 valence electrons. The van der Waals surface area contributed by atoms with Gasteiger partial charge in [0.25, 0.3) is 0 Å². The molecule has 0 bridgehead atoms. The van der Waals surface area contributed by atoms with Crippen LogP contribution in [0.25, 0.3) is 0 Å². The van der Waals surface area contributed by atoms with Crippen molar-refractivity contribution < 1.29 is 4.39 Å². The summed E-state index contributed by atoms with van der Waals surface area (Å²) in [5.74, 6) is -0.164. The number of nitrogens with one attached hydrogen (secondary N) is 1. The lowest BCUT2D eigenvalue weighted by Gasteiger charge is -2.23. The molecule has 1 aromatic carbocycles. The number of hydrogen-bond donors (Lipinski definition) is 1. The van der Waals surface area contributed by atoms with Gasteiger partial charge in [-0.15, -0.1) is 0 Å². The van der Waals surface area contributed by atoms with Crippen LogP contribution in [0.2, 0.25) is 0 Å².